The standard InChI is InChI=1S/C19H25FN4O/c1-13(2)8-10-21-18(25)17-12-14(3)23-19(24-17)22-11-9-15-4-6-16(20)7-5-15/h4-7,12-13H,8-11H2,1-3H3,(H,21,25)(H,22,23,24). The Balaban J connectivity index is 1.91. The molecule has 1 amide bonds. The van der Waals surface area contributed by atoms with Crippen LogP contribution in [0.25, 0.3) is 0 Å². The van der Waals surface area contributed by atoms with Gasteiger partial charge >= 0.3 is 0 Å². The molecule has 1 aromatic carbocycles. The third-order valence-corrected chi connectivity index (χ3v) is 3.70. The Morgan fingerprint density at radius 1 is 1.16 bits per heavy atom. The fourth-order valence-corrected chi connectivity index (χ4v) is 2.30. The monoisotopic (exact) mass is 344 g/mol. The van der Waals surface area contributed by atoms with Crippen molar-refractivity contribution in [3.63, 3.8) is 0 Å². The van der Waals surface area contributed by atoms with Crippen LogP contribution in [0.2, 0.25) is 0 Å². The molecule has 2 N–H and O–H groups in total. The lowest BCUT2D eigenvalue weighted by Gasteiger charge is -2.10. The summed E-state index contributed by atoms with van der Waals surface area (Å²) < 4.78 is 12.9. The molecule has 0 saturated carbocycles. The van der Waals surface area contributed by atoms with E-state index in [2.05, 4.69) is 34.4 Å². The number of halogens is 1. The molecule has 6 heteroatoms. The molecule has 0 aliphatic rings. The number of carbonyl (C=O) groups is 1. The lowest BCUT2D eigenvalue weighted by molar-refractivity contribution is 0.0947. The zero-order valence-corrected chi connectivity index (χ0v) is 15.0. The summed E-state index contributed by atoms with van der Waals surface area (Å²) >= 11 is 0. The first-order valence-corrected chi connectivity index (χ1v) is 8.56. The number of nitrogens with one attached hydrogen (secondary N) is 2. The van der Waals surface area contributed by atoms with E-state index >= 15 is 0 Å². The molecule has 0 atom stereocenters. The molecule has 0 unspecified atom stereocenters. The van der Waals surface area contributed by atoms with E-state index in [9.17, 15) is 9.18 Å². The second kappa shape index (κ2) is 9.11. The normalized spacial score (nSPS) is 10.8. The largest absolute Gasteiger partial charge is 0.354 e. The third kappa shape index (κ3) is 6.49. The first kappa shape index (κ1) is 18.8. The first-order chi connectivity index (χ1) is 11.9. The van der Waals surface area contributed by atoms with E-state index in [-0.39, 0.29) is 11.7 Å². The van der Waals surface area contributed by atoms with Gasteiger partial charge in [-0.05, 0) is 49.4 Å². The van der Waals surface area contributed by atoms with E-state index in [4.69, 9.17) is 0 Å². The van der Waals surface area contributed by atoms with Crippen molar-refractivity contribution in [2.45, 2.75) is 33.6 Å². The second-order valence-electron chi connectivity index (χ2n) is 6.46. The Bertz CT molecular complexity index is 701. The quantitative estimate of drug-likeness (QED) is 0.771. The molecule has 0 aliphatic heterocycles. The van der Waals surface area contributed by atoms with Gasteiger partial charge in [0.05, 0.1) is 0 Å². The summed E-state index contributed by atoms with van der Waals surface area (Å²) in [6.45, 7) is 7.29. The molecule has 25 heavy (non-hydrogen) atoms. The smallest absolute Gasteiger partial charge is 0.270 e. The van der Waals surface area contributed by atoms with Crippen LogP contribution in [0.15, 0.2) is 30.3 Å². The Morgan fingerprint density at radius 2 is 1.88 bits per heavy atom. The van der Waals surface area contributed by atoms with E-state index in [1.54, 1.807) is 18.2 Å². The summed E-state index contributed by atoms with van der Waals surface area (Å²) in [5.41, 5.74) is 2.11. The minimum absolute atomic E-state index is 0.187. The van der Waals surface area contributed by atoms with Crippen LogP contribution in [0.4, 0.5) is 10.3 Å². The maximum atomic E-state index is 12.9. The van der Waals surface area contributed by atoms with Gasteiger partial charge in [-0.1, -0.05) is 26.0 Å². The van der Waals surface area contributed by atoms with Crippen molar-refractivity contribution < 1.29 is 9.18 Å². The number of carbonyl (C=O) groups excluding carboxylic acids is 1. The molecule has 1 aromatic heterocycles. The molecule has 2 rings (SSSR count). The highest BCUT2D eigenvalue weighted by atomic mass is 19.1. The van der Waals surface area contributed by atoms with Gasteiger partial charge in [0.25, 0.3) is 5.91 Å². The van der Waals surface area contributed by atoms with Gasteiger partial charge in [0.1, 0.15) is 11.5 Å². The van der Waals surface area contributed by atoms with Gasteiger partial charge in [-0.25, -0.2) is 14.4 Å². The Hall–Kier alpha value is -2.50. The Kier molecular flexibility index (Phi) is 6.86. The number of anilines is 1. The number of nitrogens with zero attached hydrogens (tertiary/aromatic N) is 2. The topological polar surface area (TPSA) is 66.9 Å². The first-order valence-electron chi connectivity index (χ1n) is 8.56. The SMILES string of the molecule is Cc1cc(C(=O)NCCC(C)C)nc(NCCc2ccc(F)cc2)n1. The van der Waals surface area contributed by atoms with Crippen LogP contribution in [0, 0.1) is 18.7 Å². The molecule has 2 aromatic rings. The van der Waals surface area contributed by atoms with Gasteiger partial charge in [0.2, 0.25) is 5.95 Å². The minimum Gasteiger partial charge on any atom is -0.354 e. The molecule has 0 saturated heterocycles. The minimum atomic E-state index is -0.244. The molecular weight excluding hydrogens is 319 g/mol. The highest BCUT2D eigenvalue weighted by Gasteiger charge is 2.10. The van der Waals surface area contributed by atoms with Crippen LogP contribution in [0.1, 0.15) is 42.0 Å². The van der Waals surface area contributed by atoms with Crippen LogP contribution < -0.4 is 10.6 Å². The highest BCUT2D eigenvalue weighted by molar-refractivity contribution is 5.92. The van der Waals surface area contributed by atoms with Crippen molar-refractivity contribution in [1.29, 1.82) is 0 Å². The van der Waals surface area contributed by atoms with Gasteiger partial charge in [-0.2, -0.15) is 0 Å². The third-order valence-electron chi connectivity index (χ3n) is 3.70. The molecular formula is C19H25FN4O. The molecule has 0 bridgehead atoms. The van der Waals surface area contributed by atoms with Crippen molar-refractivity contribution in [3.05, 3.63) is 53.1 Å². The number of hydrogen-bond acceptors (Lipinski definition) is 4. The summed E-state index contributed by atoms with van der Waals surface area (Å²) in [4.78, 5) is 20.8. The van der Waals surface area contributed by atoms with E-state index in [1.165, 1.54) is 12.1 Å². The fourth-order valence-electron chi connectivity index (χ4n) is 2.30. The molecule has 0 fully saturated rings. The average Bonchev–Trinajstić information content (AvgIpc) is 2.56. The summed E-state index contributed by atoms with van der Waals surface area (Å²) in [6.07, 6.45) is 1.64. The Morgan fingerprint density at radius 3 is 2.56 bits per heavy atom. The number of amides is 1. The average molecular weight is 344 g/mol. The van der Waals surface area contributed by atoms with Crippen LogP contribution in [-0.2, 0) is 6.42 Å². The predicted octanol–water partition coefficient (Wildman–Crippen LogP) is 3.35. The predicted molar refractivity (Wildman–Crippen MR) is 97.2 cm³/mol. The van der Waals surface area contributed by atoms with Crippen molar-refractivity contribution in [2.75, 3.05) is 18.4 Å². The zero-order valence-electron chi connectivity index (χ0n) is 15.0. The molecule has 0 spiro atoms. The molecule has 5 nitrogen and oxygen atoms in total. The van der Waals surface area contributed by atoms with Crippen LogP contribution in [-0.4, -0.2) is 29.0 Å². The van der Waals surface area contributed by atoms with Crippen molar-refractivity contribution in [3.8, 4) is 0 Å². The molecule has 1 heterocycles. The molecule has 0 radical (unpaired) electrons. The second-order valence-corrected chi connectivity index (χ2v) is 6.46. The fraction of sp³-hybridized carbons (Fsp3) is 0.421. The van der Waals surface area contributed by atoms with Crippen molar-refractivity contribution in [1.82, 2.24) is 15.3 Å². The number of aryl methyl sites for hydroxylation is 1. The van der Waals surface area contributed by atoms with Crippen molar-refractivity contribution >= 4 is 11.9 Å². The van der Waals surface area contributed by atoms with Crippen LogP contribution in [0.5, 0.6) is 0 Å². The highest BCUT2D eigenvalue weighted by Crippen LogP contribution is 2.07. The summed E-state index contributed by atoms with van der Waals surface area (Å²) in [5.74, 6) is 0.534. The lowest BCUT2D eigenvalue weighted by Crippen LogP contribution is -2.26. The van der Waals surface area contributed by atoms with Crippen molar-refractivity contribution in [2.24, 2.45) is 5.92 Å². The van der Waals surface area contributed by atoms with Gasteiger partial charge in [0, 0.05) is 18.8 Å². The van der Waals surface area contributed by atoms with Gasteiger partial charge < -0.3 is 10.6 Å². The van der Waals surface area contributed by atoms with Crippen LogP contribution >= 0.6 is 0 Å². The van der Waals surface area contributed by atoms with Gasteiger partial charge in [0.15, 0.2) is 0 Å². The van der Waals surface area contributed by atoms with E-state index in [0.29, 0.717) is 37.1 Å². The van der Waals surface area contributed by atoms with E-state index in [1.807, 2.05) is 6.92 Å². The number of rotatable bonds is 8. The number of benzene rings is 1. The van der Waals surface area contributed by atoms with E-state index in [0.717, 1.165) is 17.7 Å². The molecule has 134 valence electrons. The van der Waals surface area contributed by atoms with Gasteiger partial charge in [-0.3, -0.25) is 4.79 Å². The lowest BCUT2D eigenvalue weighted by atomic mass is 10.1. The van der Waals surface area contributed by atoms with Crippen LogP contribution in [0.3, 0.4) is 0 Å². The van der Waals surface area contributed by atoms with Gasteiger partial charge in [-0.15, -0.1) is 0 Å². The maximum Gasteiger partial charge on any atom is 0.270 e. The molecule has 0 aliphatic carbocycles. The number of aromatic nitrogens is 2. The maximum absolute atomic E-state index is 12.9. The summed E-state index contributed by atoms with van der Waals surface area (Å²) in [6, 6.07) is 8.06. The summed E-state index contributed by atoms with van der Waals surface area (Å²) in [5, 5.41) is 6.00. The van der Waals surface area contributed by atoms with E-state index < -0.39 is 0 Å². The number of hydrogen-bond donors (Lipinski definition) is 2. The Labute approximate surface area is 148 Å². The zero-order chi connectivity index (χ0) is 18.2. The summed E-state index contributed by atoms with van der Waals surface area (Å²) in [7, 11) is 0.